The fraction of sp³-hybridized carbons (Fsp3) is 0.375. The molecule has 6 nitrogen and oxygen atoms in total. The Bertz CT molecular complexity index is 697. The van der Waals surface area contributed by atoms with Gasteiger partial charge in [-0.1, -0.05) is 29.3 Å². The fourth-order valence-corrected chi connectivity index (χ4v) is 2.85. The topological polar surface area (TPSA) is 72.5 Å². The highest BCUT2D eigenvalue weighted by Crippen LogP contribution is 2.22. The van der Waals surface area contributed by atoms with Gasteiger partial charge in [0.25, 0.3) is 0 Å². The van der Waals surface area contributed by atoms with E-state index < -0.39 is 0 Å². The lowest BCUT2D eigenvalue weighted by molar-refractivity contribution is 0.0443. The predicted molar refractivity (Wildman–Crippen MR) is 101 cm³/mol. The Morgan fingerprint density at radius 3 is 2.80 bits per heavy atom. The summed E-state index contributed by atoms with van der Waals surface area (Å²) in [7, 11) is 0. The van der Waals surface area contributed by atoms with E-state index in [1.807, 2.05) is 12.3 Å². The van der Waals surface area contributed by atoms with Gasteiger partial charge in [0.2, 0.25) is 0 Å². The van der Waals surface area contributed by atoms with Crippen LogP contribution >= 0.6 is 34.5 Å². The van der Waals surface area contributed by atoms with Crippen LogP contribution in [0.3, 0.4) is 0 Å². The van der Waals surface area contributed by atoms with Crippen molar-refractivity contribution in [2.45, 2.75) is 20.1 Å². The van der Waals surface area contributed by atoms with Crippen LogP contribution in [0.5, 0.6) is 0 Å². The van der Waals surface area contributed by atoms with Crippen LogP contribution in [0, 0.1) is 0 Å². The number of hydrogen-bond donors (Lipinski definition) is 2. The molecule has 1 aromatic heterocycles. The Hall–Kier alpha value is -1.38. The standard InChI is InChI=1S/C16H19Cl2N3O3S/c1-2-23-5-6-24-9-12-10-25-16(20-12)21-15(22)19-8-11-3-4-13(17)14(18)7-11/h3-4,7,10H,2,5-6,8-9H2,1H3,(H2,19,20,21,22). The second-order valence-electron chi connectivity index (χ2n) is 4.95. The number of hydrogen-bond acceptors (Lipinski definition) is 5. The number of benzene rings is 1. The molecule has 1 aromatic carbocycles. The van der Waals surface area contributed by atoms with Gasteiger partial charge in [0.1, 0.15) is 0 Å². The zero-order valence-corrected chi connectivity index (χ0v) is 16.0. The van der Waals surface area contributed by atoms with Crippen LogP contribution in [0.25, 0.3) is 0 Å². The maximum Gasteiger partial charge on any atom is 0.321 e. The molecule has 0 saturated carbocycles. The average Bonchev–Trinajstić information content (AvgIpc) is 3.03. The smallest absolute Gasteiger partial charge is 0.321 e. The van der Waals surface area contributed by atoms with Gasteiger partial charge in [-0.3, -0.25) is 5.32 Å². The molecule has 1 heterocycles. The molecule has 2 rings (SSSR count). The van der Waals surface area contributed by atoms with Crippen LogP contribution in [-0.2, 0) is 22.6 Å². The molecule has 0 unspecified atom stereocenters. The molecule has 0 bridgehead atoms. The lowest BCUT2D eigenvalue weighted by Crippen LogP contribution is -2.28. The normalized spacial score (nSPS) is 10.7. The molecule has 0 aliphatic carbocycles. The summed E-state index contributed by atoms with van der Waals surface area (Å²) in [5.41, 5.74) is 1.62. The first-order chi connectivity index (χ1) is 12.1. The molecule has 0 radical (unpaired) electrons. The van der Waals surface area contributed by atoms with Gasteiger partial charge in [-0.25, -0.2) is 9.78 Å². The van der Waals surface area contributed by atoms with Crippen molar-refractivity contribution in [2.24, 2.45) is 0 Å². The minimum absolute atomic E-state index is 0.335. The van der Waals surface area contributed by atoms with Crippen LogP contribution in [-0.4, -0.2) is 30.8 Å². The van der Waals surface area contributed by atoms with E-state index in [4.69, 9.17) is 32.7 Å². The zero-order chi connectivity index (χ0) is 18.1. The molecular weight excluding hydrogens is 385 g/mol. The molecule has 9 heteroatoms. The molecule has 2 aromatic rings. The number of nitrogens with one attached hydrogen (secondary N) is 2. The van der Waals surface area contributed by atoms with Crippen LogP contribution in [0.1, 0.15) is 18.2 Å². The second kappa shape index (κ2) is 10.6. The van der Waals surface area contributed by atoms with Gasteiger partial charge < -0.3 is 14.8 Å². The Balaban J connectivity index is 1.72. The maximum absolute atomic E-state index is 11.9. The van der Waals surface area contributed by atoms with Gasteiger partial charge in [0.05, 0.1) is 35.6 Å². The Morgan fingerprint density at radius 2 is 2.04 bits per heavy atom. The van der Waals surface area contributed by atoms with Gasteiger partial charge in [-0.15, -0.1) is 11.3 Å². The third-order valence-corrected chi connectivity index (χ3v) is 4.58. The van der Waals surface area contributed by atoms with Gasteiger partial charge in [-0.2, -0.15) is 0 Å². The highest BCUT2D eigenvalue weighted by Gasteiger charge is 2.07. The van der Waals surface area contributed by atoms with E-state index in [9.17, 15) is 4.79 Å². The van der Waals surface area contributed by atoms with E-state index in [0.29, 0.717) is 48.1 Å². The summed E-state index contributed by atoms with van der Waals surface area (Å²) in [5.74, 6) is 0. The molecule has 136 valence electrons. The van der Waals surface area contributed by atoms with E-state index in [1.165, 1.54) is 11.3 Å². The molecule has 2 N–H and O–H groups in total. The van der Waals surface area contributed by atoms with Crippen molar-refractivity contribution < 1.29 is 14.3 Å². The maximum atomic E-state index is 11.9. The minimum atomic E-state index is -0.343. The lowest BCUT2D eigenvalue weighted by atomic mass is 10.2. The van der Waals surface area contributed by atoms with E-state index >= 15 is 0 Å². The number of thiazole rings is 1. The molecular formula is C16H19Cl2N3O3S. The third kappa shape index (κ3) is 7.17. The monoisotopic (exact) mass is 403 g/mol. The third-order valence-electron chi connectivity index (χ3n) is 3.04. The first-order valence-corrected chi connectivity index (χ1v) is 9.30. The number of nitrogens with zero attached hydrogens (tertiary/aromatic N) is 1. The summed E-state index contributed by atoms with van der Waals surface area (Å²) in [6.45, 7) is 4.40. The van der Waals surface area contributed by atoms with E-state index in [1.54, 1.807) is 18.2 Å². The van der Waals surface area contributed by atoms with Gasteiger partial charge >= 0.3 is 6.03 Å². The van der Waals surface area contributed by atoms with Crippen molar-refractivity contribution in [3.8, 4) is 0 Å². The SMILES string of the molecule is CCOCCOCc1csc(NC(=O)NCc2ccc(Cl)c(Cl)c2)n1. The Kier molecular flexibility index (Phi) is 8.43. The number of anilines is 1. The number of aromatic nitrogens is 1. The van der Waals surface area contributed by atoms with E-state index in [-0.39, 0.29) is 6.03 Å². The van der Waals surface area contributed by atoms with E-state index in [0.717, 1.165) is 11.3 Å². The molecule has 0 atom stereocenters. The van der Waals surface area contributed by atoms with Gasteiger partial charge in [-0.05, 0) is 24.6 Å². The summed E-state index contributed by atoms with van der Waals surface area (Å²) in [5, 5.41) is 8.71. The molecule has 0 aliphatic heterocycles. The molecule has 0 saturated heterocycles. The van der Waals surface area contributed by atoms with Crippen LogP contribution in [0.15, 0.2) is 23.6 Å². The number of rotatable bonds is 9. The summed E-state index contributed by atoms with van der Waals surface area (Å²) in [6.07, 6.45) is 0. The number of amides is 2. The number of halogens is 2. The predicted octanol–water partition coefficient (Wildman–Crippen LogP) is 4.32. The van der Waals surface area contributed by atoms with Crippen LogP contribution in [0.2, 0.25) is 10.0 Å². The summed E-state index contributed by atoms with van der Waals surface area (Å²) in [6, 6.07) is 4.86. The quantitative estimate of drug-likeness (QED) is 0.611. The highest BCUT2D eigenvalue weighted by molar-refractivity contribution is 7.13. The van der Waals surface area contributed by atoms with Gasteiger partial charge in [0, 0.05) is 18.5 Å². The van der Waals surface area contributed by atoms with Crippen molar-refractivity contribution >= 4 is 45.7 Å². The summed E-state index contributed by atoms with van der Waals surface area (Å²) in [4.78, 5) is 16.2. The number of urea groups is 1. The largest absolute Gasteiger partial charge is 0.379 e. The zero-order valence-electron chi connectivity index (χ0n) is 13.7. The summed E-state index contributed by atoms with van der Waals surface area (Å²) < 4.78 is 10.6. The Labute approximate surface area is 160 Å². The van der Waals surface area contributed by atoms with Gasteiger partial charge in [0.15, 0.2) is 5.13 Å². The number of ether oxygens (including phenoxy) is 2. The minimum Gasteiger partial charge on any atom is -0.379 e. The van der Waals surface area contributed by atoms with Crippen molar-refractivity contribution in [3.63, 3.8) is 0 Å². The van der Waals surface area contributed by atoms with Crippen molar-refractivity contribution in [1.29, 1.82) is 0 Å². The van der Waals surface area contributed by atoms with Crippen molar-refractivity contribution in [3.05, 3.63) is 44.9 Å². The van der Waals surface area contributed by atoms with Crippen molar-refractivity contribution in [2.75, 3.05) is 25.1 Å². The van der Waals surface area contributed by atoms with Crippen LogP contribution in [0.4, 0.5) is 9.93 Å². The second-order valence-corrected chi connectivity index (χ2v) is 6.62. The number of carbonyl (C=O) groups is 1. The van der Waals surface area contributed by atoms with Crippen LogP contribution < -0.4 is 10.6 Å². The molecule has 0 fully saturated rings. The molecule has 2 amide bonds. The Morgan fingerprint density at radius 1 is 1.24 bits per heavy atom. The lowest BCUT2D eigenvalue weighted by Gasteiger charge is -2.06. The number of carbonyl (C=O) groups excluding carboxylic acids is 1. The molecule has 0 aliphatic rings. The average molecular weight is 404 g/mol. The van der Waals surface area contributed by atoms with Crippen molar-refractivity contribution in [1.82, 2.24) is 10.3 Å². The molecule has 25 heavy (non-hydrogen) atoms. The molecule has 0 spiro atoms. The van der Waals surface area contributed by atoms with E-state index in [2.05, 4.69) is 15.6 Å². The highest BCUT2D eigenvalue weighted by atomic mass is 35.5. The summed E-state index contributed by atoms with van der Waals surface area (Å²) >= 11 is 13.1. The first-order valence-electron chi connectivity index (χ1n) is 7.67. The first kappa shape index (κ1) is 19.9. The fourth-order valence-electron chi connectivity index (χ4n) is 1.84.